The van der Waals surface area contributed by atoms with Crippen LogP contribution in [0.4, 0.5) is 5.82 Å². The molecule has 2 heterocycles. The van der Waals surface area contributed by atoms with E-state index in [1.807, 2.05) is 0 Å². The van der Waals surface area contributed by atoms with Crippen LogP contribution >= 0.6 is 0 Å². The van der Waals surface area contributed by atoms with E-state index in [4.69, 9.17) is 22.0 Å². The first-order chi connectivity index (χ1) is 13.3. The van der Waals surface area contributed by atoms with Crippen molar-refractivity contribution in [2.45, 2.75) is 6.42 Å². The van der Waals surface area contributed by atoms with Crippen LogP contribution in [0.25, 0.3) is 22.6 Å². The number of aliphatic carboxylic acids is 1. The number of benzene rings is 1. The van der Waals surface area contributed by atoms with Crippen molar-refractivity contribution in [1.29, 1.82) is 5.41 Å². The molecule has 11 heteroatoms. The predicted octanol–water partition coefficient (Wildman–Crippen LogP) is 0.101. The molecule has 0 fully saturated rings. The number of imidazole rings is 1. The molecule has 3 aromatic rings. The molecule has 0 aliphatic heterocycles. The van der Waals surface area contributed by atoms with Gasteiger partial charge in [0.25, 0.3) is 5.91 Å². The summed E-state index contributed by atoms with van der Waals surface area (Å²) in [5, 5.41) is 18.5. The lowest BCUT2D eigenvalue weighted by atomic mass is 10.1. The van der Waals surface area contributed by atoms with Crippen LogP contribution in [0.2, 0.25) is 0 Å². The molecule has 0 atom stereocenters. The minimum absolute atomic E-state index is 0.0368. The third kappa shape index (κ3) is 3.58. The Bertz CT molecular complexity index is 1090. The van der Waals surface area contributed by atoms with E-state index in [0.717, 1.165) is 5.56 Å². The number of hydrogen-bond acceptors (Lipinski definition) is 7. The smallest absolute Gasteiger partial charge is 0.305 e. The molecule has 0 saturated heterocycles. The van der Waals surface area contributed by atoms with Gasteiger partial charge in [-0.2, -0.15) is 0 Å². The van der Waals surface area contributed by atoms with Crippen molar-refractivity contribution in [3.05, 3.63) is 35.7 Å². The molecule has 28 heavy (non-hydrogen) atoms. The molecular weight excluding hydrogens is 364 g/mol. The average molecular weight is 382 g/mol. The molecule has 2 aromatic heterocycles. The summed E-state index contributed by atoms with van der Waals surface area (Å²) < 4.78 is 1.71. The molecular formula is C17H18N8O3. The fourth-order valence-electron chi connectivity index (χ4n) is 2.66. The highest BCUT2D eigenvalue weighted by Gasteiger charge is 2.19. The number of nitrogens with two attached hydrogens (primary N) is 2. The van der Waals surface area contributed by atoms with Gasteiger partial charge in [-0.3, -0.25) is 15.0 Å². The highest BCUT2D eigenvalue weighted by Crippen LogP contribution is 2.25. The molecule has 0 spiro atoms. The number of fused-ring (bicyclic) bond motifs is 1. The Balaban J connectivity index is 1.96. The Morgan fingerprint density at radius 3 is 2.50 bits per heavy atom. The van der Waals surface area contributed by atoms with Gasteiger partial charge in [0, 0.05) is 24.7 Å². The number of hydrogen-bond donors (Lipinski definition) is 5. The predicted molar refractivity (Wildman–Crippen MR) is 102 cm³/mol. The van der Waals surface area contributed by atoms with Crippen molar-refractivity contribution < 1.29 is 14.7 Å². The van der Waals surface area contributed by atoms with Crippen LogP contribution < -0.4 is 16.8 Å². The lowest BCUT2D eigenvalue weighted by Crippen LogP contribution is -2.28. The molecule has 3 rings (SSSR count). The highest BCUT2D eigenvalue weighted by atomic mass is 16.4. The van der Waals surface area contributed by atoms with Crippen molar-refractivity contribution >= 4 is 34.7 Å². The van der Waals surface area contributed by atoms with Crippen molar-refractivity contribution in [2.24, 2.45) is 12.8 Å². The van der Waals surface area contributed by atoms with Gasteiger partial charge in [-0.25, -0.2) is 15.0 Å². The number of carboxylic acid groups (broad SMARTS) is 1. The second-order valence-corrected chi connectivity index (χ2v) is 5.99. The van der Waals surface area contributed by atoms with Crippen LogP contribution in [-0.4, -0.2) is 48.9 Å². The summed E-state index contributed by atoms with van der Waals surface area (Å²) in [5.74, 6) is -1.25. The van der Waals surface area contributed by atoms with E-state index in [1.165, 1.54) is 0 Å². The minimum atomic E-state index is -1.03. The quantitative estimate of drug-likeness (QED) is 0.293. The van der Waals surface area contributed by atoms with E-state index < -0.39 is 11.9 Å². The van der Waals surface area contributed by atoms with E-state index in [2.05, 4.69) is 20.3 Å². The van der Waals surface area contributed by atoms with Crippen LogP contribution in [0.3, 0.4) is 0 Å². The van der Waals surface area contributed by atoms with Gasteiger partial charge in [0.1, 0.15) is 17.2 Å². The molecule has 0 bridgehead atoms. The molecule has 0 unspecified atom stereocenters. The van der Waals surface area contributed by atoms with E-state index in [-0.39, 0.29) is 36.1 Å². The zero-order chi connectivity index (χ0) is 20.4. The van der Waals surface area contributed by atoms with Crippen LogP contribution in [-0.2, 0) is 11.8 Å². The summed E-state index contributed by atoms with van der Waals surface area (Å²) in [6, 6.07) is 6.93. The monoisotopic (exact) mass is 382 g/mol. The number of aryl methyl sites for hydroxylation is 1. The maximum Gasteiger partial charge on any atom is 0.305 e. The van der Waals surface area contributed by atoms with E-state index in [1.54, 1.807) is 35.9 Å². The third-order valence-corrected chi connectivity index (χ3v) is 4.04. The average Bonchev–Trinajstić information content (AvgIpc) is 2.98. The van der Waals surface area contributed by atoms with Gasteiger partial charge in [0.15, 0.2) is 11.5 Å². The number of nitrogen functional groups attached to an aromatic ring is 2. The maximum absolute atomic E-state index is 12.1. The zero-order valence-electron chi connectivity index (χ0n) is 14.9. The van der Waals surface area contributed by atoms with E-state index in [0.29, 0.717) is 16.9 Å². The summed E-state index contributed by atoms with van der Waals surface area (Å²) in [7, 11) is 1.75. The Kier molecular flexibility index (Phi) is 4.90. The molecule has 0 aliphatic carbocycles. The molecule has 1 amide bonds. The first kappa shape index (κ1) is 18.8. The van der Waals surface area contributed by atoms with Gasteiger partial charge in [0.05, 0.1) is 6.42 Å². The number of nitrogens with one attached hydrogen (secondary N) is 2. The van der Waals surface area contributed by atoms with Gasteiger partial charge in [-0.1, -0.05) is 24.3 Å². The Labute approximate surface area is 158 Å². The lowest BCUT2D eigenvalue weighted by molar-refractivity contribution is -0.136. The van der Waals surface area contributed by atoms with Crippen LogP contribution in [0.1, 0.15) is 22.6 Å². The summed E-state index contributed by atoms with van der Waals surface area (Å²) in [5.41, 5.74) is 13.5. The minimum Gasteiger partial charge on any atom is -0.481 e. The number of carbonyl (C=O) groups excluding carboxylic acids is 1. The van der Waals surface area contributed by atoms with Gasteiger partial charge < -0.3 is 26.5 Å². The number of nitrogens with zero attached hydrogens (tertiary/aromatic N) is 4. The topological polar surface area (TPSA) is 186 Å². The normalized spacial score (nSPS) is 10.8. The summed E-state index contributed by atoms with van der Waals surface area (Å²) in [4.78, 5) is 35.3. The fraction of sp³-hybridized carbons (Fsp3) is 0.176. The largest absolute Gasteiger partial charge is 0.481 e. The van der Waals surface area contributed by atoms with E-state index >= 15 is 0 Å². The SMILES string of the molecule is Cn1c(-c2ccc(C(=N)N)cc2)nc2nc(C(=O)NCCC(=O)O)nc(N)c21. The van der Waals surface area contributed by atoms with E-state index in [9.17, 15) is 9.59 Å². The van der Waals surface area contributed by atoms with Crippen molar-refractivity contribution in [1.82, 2.24) is 24.8 Å². The zero-order valence-corrected chi connectivity index (χ0v) is 14.9. The van der Waals surface area contributed by atoms with Crippen molar-refractivity contribution in [2.75, 3.05) is 12.3 Å². The summed E-state index contributed by atoms with van der Waals surface area (Å²) in [6.45, 7) is -0.0502. The third-order valence-electron chi connectivity index (χ3n) is 4.04. The number of amidine groups is 1. The standard InChI is InChI=1S/C17H18N8O3/c1-25-11-13(20)22-15(17(28)21-7-6-10(26)27)23-14(11)24-16(25)9-4-2-8(3-5-9)12(18)19/h2-5H,6-7H2,1H3,(H3,18,19)(H,21,28)(H,26,27)(H2,20,22,23). The molecule has 0 saturated carbocycles. The first-order valence-electron chi connectivity index (χ1n) is 8.22. The van der Waals surface area contributed by atoms with Gasteiger partial charge >= 0.3 is 5.97 Å². The van der Waals surface area contributed by atoms with Gasteiger partial charge in [-0.05, 0) is 0 Å². The van der Waals surface area contributed by atoms with Crippen LogP contribution in [0, 0.1) is 5.41 Å². The van der Waals surface area contributed by atoms with Crippen LogP contribution in [0.15, 0.2) is 24.3 Å². The summed E-state index contributed by atoms with van der Waals surface area (Å²) in [6.07, 6.45) is -0.215. The lowest BCUT2D eigenvalue weighted by Gasteiger charge is -2.05. The van der Waals surface area contributed by atoms with Gasteiger partial charge in [-0.15, -0.1) is 0 Å². The number of carboxylic acids is 1. The number of rotatable bonds is 6. The number of aromatic nitrogens is 4. The van der Waals surface area contributed by atoms with Crippen LogP contribution in [0.5, 0.6) is 0 Å². The molecule has 11 nitrogen and oxygen atoms in total. The Hall–Kier alpha value is -4.02. The molecule has 0 aliphatic rings. The second kappa shape index (κ2) is 7.31. The molecule has 1 aromatic carbocycles. The molecule has 7 N–H and O–H groups in total. The summed E-state index contributed by atoms with van der Waals surface area (Å²) >= 11 is 0. The maximum atomic E-state index is 12.1. The molecule has 0 radical (unpaired) electrons. The molecule has 144 valence electrons. The van der Waals surface area contributed by atoms with Crippen molar-refractivity contribution in [3.63, 3.8) is 0 Å². The number of carbonyl (C=O) groups is 2. The Morgan fingerprint density at radius 1 is 1.21 bits per heavy atom. The fourth-order valence-corrected chi connectivity index (χ4v) is 2.66. The second-order valence-electron chi connectivity index (χ2n) is 5.99. The Morgan fingerprint density at radius 2 is 1.89 bits per heavy atom. The number of anilines is 1. The van der Waals surface area contributed by atoms with Gasteiger partial charge in [0.2, 0.25) is 5.82 Å². The number of amides is 1. The highest BCUT2D eigenvalue weighted by molar-refractivity contribution is 5.96. The van der Waals surface area contributed by atoms with Crippen molar-refractivity contribution in [3.8, 4) is 11.4 Å². The first-order valence-corrected chi connectivity index (χ1v) is 8.22.